The predicted molar refractivity (Wildman–Crippen MR) is 196 cm³/mol. The highest BCUT2D eigenvalue weighted by atomic mass is 19.4. The van der Waals surface area contributed by atoms with Gasteiger partial charge in [0.15, 0.2) is 0 Å². The Labute approximate surface area is 303 Å². The number of hydrogen-bond acceptors (Lipinski definition) is 6. The molecule has 5 aromatic rings. The topological polar surface area (TPSA) is 66.2 Å². The lowest BCUT2D eigenvalue weighted by atomic mass is 9.74. The summed E-state index contributed by atoms with van der Waals surface area (Å²) in [5.74, 6) is 1.22. The van der Waals surface area contributed by atoms with Crippen LogP contribution in [0.5, 0.6) is 11.5 Å². The molecule has 268 valence electrons. The molecule has 0 spiro atoms. The normalized spacial score (nSPS) is 20.1. The first kappa shape index (κ1) is 31.3. The van der Waals surface area contributed by atoms with Gasteiger partial charge in [0.2, 0.25) is 0 Å². The average molecular weight is 716 g/mol. The van der Waals surface area contributed by atoms with Gasteiger partial charge in [0.05, 0.1) is 11.6 Å². The van der Waals surface area contributed by atoms with E-state index in [1.807, 2.05) is 24.3 Å². The lowest BCUT2D eigenvalue weighted by Gasteiger charge is -2.44. The fraction of sp³-hybridized carbons (Fsp3) is 0.349. The third-order valence-corrected chi connectivity index (χ3v) is 12.5. The average Bonchev–Trinajstić information content (AvgIpc) is 3.45. The van der Waals surface area contributed by atoms with Crippen molar-refractivity contribution >= 4 is 33.9 Å². The molecular weight excluding hydrogens is 679 g/mol. The number of hydrogen-bond donors (Lipinski definition) is 0. The van der Waals surface area contributed by atoms with Crippen molar-refractivity contribution in [2.24, 2.45) is 0 Å². The van der Waals surface area contributed by atoms with Crippen LogP contribution in [-0.4, -0.2) is 32.1 Å². The smallest absolute Gasteiger partial charge is 0.417 e. The predicted octanol–water partition coefficient (Wildman–Crippen LogP) is 8.85. The van der Waals surface area contributed by atoms with E-state index in [1.165, 1.54) is 45.8 Å². The molecule has 0 radical (unpaired) electrons. The van der Waals surface area contributed by atoms with Gasteiger partial charge in [-0.05, 0) is 98.4 Å². The molecule has 6 aliphatic rings. The number of benzene rings is 4. The van der Waals surface area contributed by atoms with E-state index in [-0.39, 0.29) is 22.8 Å². The van der Waals surface area contributed by atoms with Crippen molar-refractivity contribution in [1.82, 2.24) is 0 Å². The van der Waals surface area contributed by atoms with Crippen molar-refractivity contribution in [3.8, 4) is 11.5 Å². The van der Waals surface area contributed by atoms with Crippen LogP contribution < -0.4 is 25.1 Å². The quantitative estimate of drug-likeness (QED) is 0.170. The minimum atomic E-state index is -4.75. The first-order valence-corrected chi connectivity index (χ1v) is 18.9. The number of aryl methyl sites for hydroxylation is 2. The summed E-state index contributed by atoms with van der Waals surface area (Å²) in [4.78, 5) is 33.9. The Kier molecular flexibility index (Phi) is 6.57. The summed E-state index contributed by atoms with van der Waals surface area (Å²) in [6.45, 7) is 4.11. The Balaban J connectivity index is 1.19. The monoisotopic (exact) mass is 715 g/mol. The number of nitrogens with zero attached hydrogens (tertiary/aromatic N) is 3. The molecule has 0 N–H and O–H groups in total. The molecule has 0 aliphatic carbocycles. The van der Waals surface area contributed by atoms with Crippen LogP contribution in [0.4, 0.5) is 30.2 Å². The van der Waals surface area contributed by atoms with Crippen LogP contribution in [-0.2, 0) is 31.9 Å². The molecule has 1 atom stereocenters. The van der Waals surface area contributed by atoms with Crippen LogP contribution in [0.3, 0.4) is 0 Å². The van der Waals surface area contributed by atoms with Crippen LogP contribution in [0.25, 0.3) is 11.0 Å². The molecule has 1 aromatic heterocycles. The third kappa shape index (κ3) is 4.47. The Bertz CT molecular complexity index is 2400. The van der Waals surface area contributed by atoms with Crippen LogP contribution >= 0.6 is 0 Å². The van der Waals surface area contributed by atoms with E-state index in [1.54, 1.807) is 11.0 Å². The standard InChI is InChI=1S/C43H36F3N3O4/c44-43(45,46)33-22-35(50)52-34-21-25(13-14-28(33)34)49-39(26-9-1-2-10-27(26)42(49)51)36-31-19-23-7-3-15-47-17-5-11-29(37(23)47)40(31)53-41-30-12-6-18-48-16-4-8-24(38(30)48)20-32(36)41/h1-2,9-10,13-14,19-22,36,39H,3-8,11-12,15-18H2. The van der Waals surface area contributed by atoms with Crippen LogP contribution in [0, 0.1) is 0 Å². The molecule has 7 heterocycles. The van der Waals surface area contributed by atoms with Crippen molar-refractivity contribution in [1.29, 1.82) is 0 Å². The maximum Gasteiger partial charge on any atom is 0.417 e. The van der Waals surface area contributed by atoms with Crippen molar-refractivity contribution in [3.63, 3.8) is 0 Å². The molecule has 53 heavy (non-hydrogen) atoms. The summed E-state index contributed by atoms with van der Waals surface area (Å²) >= 11 is 0. The number of alkyl halides is 3. The van der Waals surface area contributed by atoms with Crippen LogP contribution in [0.15, 0.2) is 69.9 Å². The number of halogens is 3. The van der Waals surface area contributed by atoms with Gasteiger partial charge in [-0.2, -0.15) is 13.2 Å². The lowest BCUT2D eigenvalue weighted by Crippen LogP contribution is -2.38. The second-order valence-electron chi connectivity index (χ2n) is 15.4. The van der Waals surface area contributed by atoms with E-state index < -0.39 is 23.4 Å². The third-order valence-electron chi connectivity index (χ3n) is 12.5. The maximum absolute atomic E-state index is 14.7. The van der Waals surface area contributed by atoms with Crippen molar-refractivity contribution < 1.29 is 27.1 Å². The highest BCUT2D eigenvalue weighted by Crippen LogP contribution is 2.60. The lowest BCUT2D eigenvalue weighted by molar-refractivity contribution is -0.136. The minimum Gasteiger partial charge on any atom is -0.456 e. The Morgan fingerprint density at radius 3 is 1.91 bits per heavy atom. The Morgan fingerprint density at radius 2 is 1.28 bits per heavy atom. The van der Waals surface area contributed by atoms with Gasteiger partial charge in [0.1, 0.15) is 17.1 Å². The first-order chi connectivity index (χ1) is 25.7. The molecule has 1 unspecified atom stereocenters. The van der Waals surface area contributed by atoms with Gasteiger partial charge < -0.3 is 19.0 Å². The molecule has 11 rings (SSSR count). The Morgan fingerprint density at radius 1 is 0.679 bits per heavy atom. The molecular formula is C43H36F3N3O4. The van der Waals surface area contributed by atoms with Gasteiger partial charge in [0, 0.05) is 94.5 Å². The summed E-state index contributed by atoms with van der Waals surface area (Å²) < 4.78 is 54.9. The molecule has 0 saturated carbocycles. The first-order valence-electron chi connectivity index (χ1n) is 18.9. The number of rotatable bonds is 2. The van der Waals surface area contributed by atoms with E-state index in [4.69, 9.17) is 9.15 Å². The van der Waals surface area contributed by atoms with Crippen molar-refractivity contribution in [3.05, 3.63) is 121 Å². The zero-order chi connectivity index (χ0) is 35.7. The number of carbonyl (C=O) groups is 1. The van der Waals surface area contributed by atoms with E-state index in [0.29, 0.717) is 17.3 Å². The zero-order valence-corrected chi connectivity index (χ0v) is 29.0. The fourth-order valence-electron chi connectivity index (χ4n) is 10.5. The van der Waals surface area contributed by atoms with E-state index in [9.17, 15) is 22.8 Å². The molecule has 1 amide bonds. The molecule has 0 bridgehead atoms. The molecule has 0 saturated heterocycles. The zero-order valence-electron chi connectivity index (χ0n) is 29.0. The summed E-state index contributed by atoms with van der Waals surface area (Å²) in [5.41, 5.74) is 9.23. The highest BCUT2D eigenvalue weighted by Gasteiger charge is 2.49. The van der Waals surface area contributed by atoms with E-state index in [2.05, 4.69) is 21.9 Å². The molecule has 0 fully saturated rings. The number of amides is 1. The summed E-state index contributed by atoms with van der Waals surface area (Å²) in [6, 6.07) is 16.5. The number of anilines is 3. The van der Waals surface area contributed by atoms with Crippen molar-refractivity contribution in [2.75, 3.05) is 40.9 Å². The number of ether oxygens (including phenoxy) is 1. The summed E-state index contributed by atoms with van der Waals surface area (Å²) in [6.07, 6.45) is 3.20. The summed E-state index contributed by atoms with van der Waals surface area (Å²) in [7, 11) is 0. The number of carbonyl (C=O) groups excluding carboxylic acids is 1. The maximum atomic E-state index is 14.7. The van der Waals surface area contributed by atoms with Gasteiger partial charge in [-0.1, -0.05) is 18.2 Å². The largest absolute Gasteiger partial charge is 0.456 e. The minimum absolute atomic E-state index is 0.213. The van der Waals surface area contributed by atoms with E-state index in [0.717, 1.165) is 106 Å². The SMILES string of the molecule is O=C1c2ccccc2C(C2c3cc4c5c(c3Oc3c2cc2c6c3CCCN6CCC2)CCCN5CCC4)N1c1ccc2c(C(F)(F)F)cc(=O)oc2c1. The van der Waals surface area contributed by atoms with Gasteiger partial charge in [-0.3, -0.25) is 9.69 Å². The van der Waals surface area contributed by atoms with Crippen LogP contribution in [0.1, 0.15) is 92.5 Å². The fourth-order valence-corrected chi connectivity index (χ4v) is 10.5. The molecule has 7 nitrogen and oxygen atoms in total. The van der Waals surface area contributed by atoms with Gasteiger partial charge in [-0.15, -0.1) is 0 Å². The molecule has 4 aromatic carbocycles. The van der Waals surface area contributed by atoms with Crippen LogP contribution in [0.2, 0.25) is 0 Å². The second kappa shape index (κ2) is 11.1. The van der Waals surface area contributed by atoms with Gasteiger partial charge in [0.25, 0.3) is 5.91 Å². The highest BCUT2D eigenvalue weighted by molar-refractivity contribution is 6.12. The second-order valence-corrected chi connectivity index (χ2v) is 15.4. The molecule has 10 heteroatoms. The summed E-state index contributed by atoms with van der Waals surface area (Å²) in [5, 5.41) is -0.228. The van der Waals surface area contributed by atoms with Crippen molar-refractivity contribution in [2.45, 2.75) is 69.5 Å². The Hall–Kier alpha value is -5.25. The van der Waals surface area contributed by atoms with E-state index >= 15 is 0 Å². The number of fused-ring (bicyclic) bond motifs is 6. The van der Waals surface area contributed by atoms with Gasteiger partial charge in [-0.25, -0.2) is 4.79 Å². The molecule has 6 aliphatic heterocycles. The van der Waals surface area contributed by atoms with Gasteiger partial charge >= 0.3 is 11.8 Å².